The molecule has 144 valence electrons. The van der Waals surface area contributed by atoms with Crippen LogP contribution in [-0.4, -0.2) is 54.7 Å². The fraction of sp³-hybridized carbons (Fsp3) is 0.364. The number of hydrogen-bond acceptors (Lipinski definition) is 5. The van der Waals surface area contributed by atoms with Crippen molar-refractivity contribution < 1.29 is 14.3 Å². The molecular weight excluding hydrogens is 354 g/mol. The lowest BCUT2D eigenvalue weighted by atomic mass is 10.1. The molecule has 2 saturated heterocycles. The Bertz CT molecular complexity index is 891. The van der Waals surface area contributed by atoms with Crippen LogP contribution >= 0.6 is 0 Å². The van der Waals surface area contributed by atoms with Crippen molar-refractivity contribution in [1.82, 2.24) is 9.80 Å². The fourth-order valence-corrected chi connectivity index (χ4v) is 4.00. The van der Waals surface area contributed by atoms with E-state index in [2.05, 4.69) is 11.0 Å². The summed E-state index contributed by atoms with van der Waals surface area (Å²) in [5.74, 6) is 0.840. The second-order valence-corrected chi connectivity index (χ2v) is 7.29. The molecule has 0 radical (unpaired) electrons. The highest BCUT2D eigenvalue weighted by molar-refractivity contribution is 5.78. The Balaban J connectivity index is 1.45. The smallest absolute Gasteiger partial charge is 0.249 e. The molecule has 28 heavy (non-hydrogen) atoms. The first kappa shape index (κ1) is 18.5. The number of nitrogens with zero attached hydrogens (tertiary/aromatic N) is 3. The van der Waals surface area contributed by atoms with Crippen LogP contribution in [-0.2, 0) is 22.6 Å². The van der Waals surface area contributed by atoms with E-state index in [0.717, 1.165) is 36.5 Å². The molecule has 0 unspecified atom stereocenters. The van der Waals surface area contributed by atoms with E-state index in [1.807, 2.05) is 53.4 Å². The summed E-state index contributed by atoms with van der Waals surface area (Å²) in [6.07, 6.45) is 0.0232. The summed E-state index contributed by atoms with van der Waals surface area (Å²) in [5, 5.41) is 9.09. The lowest BCUT2D eigenvalue weighted by Gasteiger charge is -2.36. The number of amides is 1. The molecule has 2 aliphatic heterocycles. The molecule has 0 spiro atoms. The molecule has 6 heteroatoms. The second kappa shape index (κ2) is 8.01. The SMILES string of the molecule is COc1ccc(CN2C(=O)CO[C@H]3CN(Cc4cccc(C#N)c4)C[C@H]32)cc1. The Kier molecular flexibility index (Phi) is 5.29. The monoisotopic (exact) mass is 377 g/mol. The van der Waals surface area contributed by atoms with Crippen LogP contribution in [0.2, 0.25) is 0 Å². The topological polar surface area (TPSA) is 65.8 Å². The summed E-state index contributed by atoms with van der Waals surface area (Å²) in [4.78, 5) is 16.8. The molecule has 0 aliphatic carbocycles. The molecule has 0 N–H and O–H groups in total. The first-order valence-electron chi connectivity index (χ1n) is 9.41. The van der Waals surface area contributed by atoms with Crippen molar-refractivity contribution in [3.8, 4) is 11.8 Å². The van der Waals surface area contributed by atoms with E-state index in [9.17, 15) is 4.79 Å². The normalized spacial score (nSPS) is 22.0. The number of methoxy groups -OCH3 is 1. The number of hydrogen-bond donors (Lipinski definition) is 0. The van der Waals surface area contributed by atoms with Crippen molar-refractivity contribution in [3.63, 3.8) is 0 Å². The number of carbonyl (C=O) groups is 1. The van der Waals surface area contributed by atoms with Crippen LogP contribution < -0.4 is 4.74 Å². The predicted octanol–water partition coefficient (Wildman–Crippen LogP) is 2.18. The van der Waals surface area contributed by atoms with E-state index in [-0.39, 0.29) is 24.7 Å². The zero-order valence-electron chi connectivity index (χ0n) is 15.9. The number of likely N-dealkylation sites (tertiary alicyclic amines) is 1. The van der Waals surface area contributed by atoms with Gasteiger partial charge < -0.3 is 14.4 Å². The Hall–Kier alpha value is -2.88. The maximum absolute atomic E-state index is 12.5. The number of nitriles is 1. The number of carbonyl (C=O) groups excluding carboxylic acids is 1. The molecular formula is C22H23N3O3. The molecule has 6 nitrogen and oxygen atoms in total. The van der Waals surface area contributed by atoms with Gasteiger partial charge in [-0.3, -0.25) is 9.69 Å². The molecule has 0 saturated carbocycles. The molecule has 0 bridgehead atoms. The second-order valence-electron chi connectivity index (χ2n) is 7.29. The van der Waals surface area contributed by atoms with E-state index >= 15 is 0 Å². The lowest BCUT2D eigenvalue weighted by molar-refractivity contribution is -0.153. The minimum absolute atomic E-state index is 0.0232. The van der Waals surface area contributed by atoms with Gasteiger partial charge in [0.2, 0.25) is 5.91 Å². The predicted molar refractivity (Wildman–Crippen MR) is 104 cm³/mol. The molecule has 2 heterocycles. The summed E-state index contributed by atoms with van der Waals surface area (Å²) in [6.45, 7) is 3.01. The van der Waals surface area contributed by atoms with Gasteiger partial charge in [-0.2, -0.15) is 5.26 Å². The number of fused-ring (bicyclic) bond motifs is 1. The van der Waals surface area contributed by atoms with Crippen LogP contribution in [0, 0.1) is 11.3 Å². The van der Waals surface area contributed by atoms with E-state index in [0.29, 0.717) is 12.1 Å². The first-order valence-corrected chi connectivity index (χ1v) is 9.41. The van der Waals surface area contributed by atoms with Crippen LogP contribution in [0.3, 0.4) is 0 Å². The van der Waals surface area contributed by atoms with E-state index in [4.69, 9.17) is 14.7 Å². The van der Waals surface area contributed by atoms with Crippen molar-refractivity contribution >= 4 is 5.91 Å². The van der Waals surface area contributed by atoms with Crippen molar-refractivity contribution in [2.75, 3.05) is 26.8 Å². The summed E-state index contributed by atoms with van der Waals surface area (Å²) in [5.41, 5.74) is 2.85. The van der Waals surface area contributed by atoms with Gasteiger partial charge in [-0.05, 0) is 35.4 Å². The maximum atomic E-state index is 12.5. The third-order valence-corrected chi connectivity index (χ3v) is 5.43. The Labute approximate surface area is 164 Å². The van der Waals surface area contributed by atoms with Crippen LogP contribution in [0.15, 0.2) is 48.5 Å². The van der Waals surface area contributed by atoms with Crippen LogP contribution in [0.1, 0.15) is 16.7 Å². The van der Waals surface area contributed by atoms with Gasteiger partial charge in [0, 0.05) is 26.2 Å². The number of morpholine rings is 1. The fourth-order valence-electron chi connectivity index (χ4n) is 4.00. The molecule has 0 aromatic heterocycles. The lowest BCUT2D eigenvalue weighted by Crippen LogP contribution is -2.53. The van der Waals surface area contributed by atoms with Crippen LogP contribution in [0.4, 0.5) is 0 Å². The van der Waals surface area contributed by atoms with Gasteiger partial charge in [-0.15, -0.1) is 0 Å². The van der Waals surface area contributed by atoms with E-state index < -0.39 is 0 Å². The number of benzene rings is 2. The Morgan fingerprint density at radius 1 is 1.14 bits per heavy atom. The number of ether oxygens (including phenoxy) is 2. The van der Waals surface area contributed by atoms with Gasteiger partial charge in [0.15, 0.2) is 0 Å². The van der Waals surface area contributed by atoms with E-state index in [1.165, 1.54) is 0 Å². The highest BCUT2D eigenvalue weighted by Gasteiger charge is 2.42. The van der Waals surface area contributed by atoms with Crippen LogP contribution in [0.25, 0.3) is 0 Å². The van der Waals surface area contributed by atoms with Crippen molar-refractivity contribution in [3.05, 3.63) is 65.2 Å². The summed E-state index contributed by atoms with van der Waals surface area (Å²) < 4.78 is 11.0. The minimum atomic E-state index is 0.0232. The largest absolute Gasteiger partial charge is 0.497 e. The molecule has 2 atom stereocenters. The molecule has 2 aromatic rings. The van der Waals surface area contributed by atoms with Gasteiger partial charge in [0.05, 0.1) is 30.9 Å². The van der Waals surface area contributed by atoms with Crippen molar-refractivity contribution in [1.29, 1.82) is 5.26 Å². The highest BCUT2D eigenvalue weighted by atomic mass is 16.5. The number of rotatable bonds is 5. The zero-order chi connectivity index (χ0) is 19.5. The van der Waals surface area contributed by atoms with Crippen molar-refractivity contribution in [2.24, 2.45) is 0 Å². The van der Waals surface area contributed by atoms with Gasteiger partial charge >= 0.3 is 0 Å². The molecule has 2 aliphatic rings. The molecule has 2 fully saturated rings. The standard InChI is InChI=1S/C22H23N3O3/c1-27-19-7-5-16(6-8-19)12-25-20-13-24(14-21(20)28-15-22(25)26)11-18-4-2-3-17(9-18)10-23/h2-9,20-21H,11-15H2,1H3/t20-,21+/m1/s1. The van der Waals surface area contributed by atoms with Gasteiger partial charge in [0.1, 0.15) is 12.4 Å². The summed E-state index contributed by atoms with van der Waals surface area (Å²) in [7, 11) is 1.64. The Morgan fingerprint density at radius 3 is 2.71 bits per heavy atom. The van der Waals surface area contributed by atoms with Gasteiger partial charge in [-0.25, -0.2) is 0 Å². The summed E-state index contributed by atoms with van der Waals surface area (Å²) >= 11 is 0. The quantitative estimate of drug-likeness (QED) is 0.799. The van der Waals surface area contributed by atoms with Crippen molar-refractivity contribution in [2.45, 2.75) is 25.2 Å². The minimum Gasteiger partial charge on any atom is -0.497 e. The average Bonchev–Trinajstić information content (AvgIpc) is 3.13. The first-order chi connectivity index (χ1) is 13.7. The van der Waals surface area contributed by atoms with Gasteiger partial charge in [-0.1, -0.05) is 24.3 Å². The Morgan fingerprint density at radius 2 is 1.96 bits per heavy atom. The molecule has 1 amide bonds. The summed E-state index contributed by atoms with van der Waals surface area (Å²) in [6, 6.07) is 17.7. The average molecular weight is 377 g/mol. The highest BCUT2D eigenvalue weighted by Crippen LogP contribution is 2.27. The van der Waals surface area contributed by atoms with Crippen LogP contribution in [0.5, 0.6) is 5.75 Å². The molecule has 4 rings (SSSR count). The zero-order valence-corrected chi connectivity index (χ0v) is 15.9. The molecule has 2 aromatic carbocycles. The maximum Gasteiger partial charge on any atom is 0.249 e. The third-order valence-electron chi connectivity index (χ3n) is 5.43. The van der Waals surface area contributed by atoms with Gasteiger partial charge in [0.25, 0.3) is 0 Å². The third kappa shape index (κ3) is 3.86. The van der Waals surface area contributed by atoms with E-state index in [1.54, 1.807) is 7.11 Å².